The summed E-state index contributed by atoms with van der Waals surface area (Å²) in [6.07, 6.45) is 9.20. The van der Waals surface area contributed by atoms with Gasteiger partial charge in [0.15, 0.2) is 11.6 Å². The molecule has 1 aromatic carbocycles. The van der Waals surface area contributed by atoms with Crippen LogP contribution in [-0.4, -0.2) is 36.9 Å². The Balaban J connectivity index is 1.36. The normalized spacial score (nSPS) is 16.5. The van der Waals surface area contributed by atoms with Gasteiger partial charge >= 0.3 is 0 Å². The van der Waals surface area contributed by atoms with Crippen LogP contribution in [0.25, 0.3) is 23.0 Å². The molecule has 0 bridgehead atoms. The Morgan fingerprint density at radius 1 is 1.03 bits per heavy atom. The number of hydrogen-bond donors (Lipinski definition) is 0. The first-order chi connectivity index (χ1) is 14.3. The van der Waals surface area contributed by atoms with Crippen molar-refractivity contribution in [2.75, 3.05) is 6.54 Å². The van der Waals surface area contributed by atoms with Crippen molar-refractivity contribution in [3.8, 4) is 23.0 Å². The number of carbonyl (C=O) groups excluding carboxylic acids is 1. The molecule has 1 fully saturated rings. The lowest BCUT2D eigenvalue weighted by molar-refractivity contribution is -0.128. The standard InChI is InChI=1S/C22H19N5O2/c28-20-11-18(15-26(20)14-16-5-2-1-3-6-16)27-9-8-23-22(27)17-12-24-21(25-13-17)19-7-4-10-29-19/h1-10,12-13,18H,11,14-15H2/t18-/m0/s1. The van der Waals surface area contributed by atoms with Gasteiger partial charge in [0.25, 0.3) is 0 Å². The molecular weight excluding hydrogens is 366 g/mol. The summed E-state index contributed by atoms with van der Waals surface area (Å²) in [6.45, 7) is 1.28. The fourth-order valence-corrected chi connectivity index (χ4v) is 3.70. The lowest BCUT2D eigenvalue weighted by atomic mass is 10.2. The number of nitrogens with zero attached hydrogens (tertiary/aromatic N) is 5. The van der Waals surface area contributed by atoms with Crippen LogP contribution in [0.15, 0.2) is 77.9 Å². The molecule has 3 aromatic heterocycles. The second kappa shape index (κ2) is 7.35. The molecule has 0 unspecified atom stereocenters. The van der Waals surface area contributed by atoms with Gasteiger partial charge in [-0.15, -0.1) is 0 Å². The van der Waals surface area contributed by atoms with Gasteiger partial charge in [0.1, 0.15) is 5.82 Å². The minimum atomic E-state index is 0.0356. The highest BCUT2D eigenvalue weighted by molar-refractivity contribution is 5.79. The Kier molecular flexibility index (Phi) is 4.40. The number of imidazole rings is 1. The van der Waals surface area contributed by atoms with Gasteiger partial charge in [0, 0.05) is 44.3 Å². The first kappa shape index (κ1) is 17.4. The van der Waals surface area contributed by atoms with E-state index in [0.29, 0.717) is 31.1 Å². The molecular formula is C22H19N5O2. The molecule has 0 radical (unpaired) electrons. The molecule has 0 aliphatic carbocycles. The van der Waals surface area contributed by atoms with Crippen molar-refractivity contribution in [2.24, 2.45) is 0 Å². The molecule has 7 nitrogen and oxygen atoms in total. The molecule has 1 saturated heterocycles. The highest BCUT2D eigenvalue weighted by Crippen LogP contribution is 2.29. The summed E-state index contributed by atoms with van der Waals surface area (Å²) in [5, 5.41) is 0. The quantitative estimate of drug-likeness (QED) is 0.525. The lowest BCUT2D eigenvalue weighted by Crippen LogP contribution is -2.25. The summed E-state index contributed by atoms with van der Waals surface area (Å²) >= 11 is 0. The Hall–Kier alpha value is -3.74. The molecule has 4 aromatic rings. The summed E-state index contributed by atoms with van der Waals surface area (Å²) < 4.78 is 7.39. The SMILES string of the molecule is O=C1C[C@H](n2ccnc2-c2cnc(-c3ccco3)nc2)CN1Cc1ccccc1. The van der Waals surface area contributed by atoms with E-state index in [2.05, 4.69) is 15.0 Å². The van der Waals surface area contributed by atoms with Crippen LogP contribution < -0.4 is 0 Å². The molecule has 1 atom stereocenters. The van der Waals surface area contributed by atoms with Gasteiger partial charge in [0.05, 0.1) is 17.9 Å². The van der Waals surface area contributed by atoms with Crippen molar-refractivity contribution in [2.45, 2.75) is 19.0 Å². The Morgan fingerprint density at radius 2 is 1.86 bits per heavy atom. The van der Waals surface area contributed by atoms with Crippen molar-refractivity contribution in [3.05, 3.63) is 79.1 Å². The van der Waals surface area contributed by atoms with Gasteiger partial charge in [-0.2, -0.15) is 0 Å². The van der Waals surface area contributed by atoms with Gasteiger partial charge in [-0.25, -0.2) is 15.0 Å². The zero-order valence-corrected chi connectivity index (χ0v) is 15.7. The predicted octanol–water partition coefficient (Wildman–Crippen LogP) is 3.57. The molecule has 1 aliphatic heterocycles. The number of aromatic nitrogens is 4. The number of rotatable bonds is 5. The number of likely N-dealkylation sites (tertiary alicyclic amines) is 1. The van der Waals surface area contributed by atoms with E-state index >= 15 is 0 Å². The first-order valence-electron chi connectivity index (χ1n) is 9.49. The maximum Gasteiger partial charge on any atom is 0.225 e. The fraction of sp³-hybridized carbons (Fsp3) is 0.182. The minimum Gasteiger partial charge on any atom is -0.461 e. The van der Waals surface area contributed by atoms with E-state index in [9.17, 15) is 4.79 Å². The van der Waals surface area contributed by atoms with Gasteiger partial charge < -0.3 is 13.9 Å². The summed E-state index contributed by atoms with van der Waals surface area (Å²) in [4.78, 5) is 27.7. The van der Waals surface area contributed by atoms with E-state index in [1.54, 1.807) is 30.9 Å². The van der Waals surface area contributed by atoms with E-state index in [-0.39, 0.29) is 11.9 Å². The summed E-state index contributed by atoms with van der Waals surface area (Å²) in [5.41, 5.74) is 1.94. The van der Waals surface area contributed by atoms with E-state index < -0.39 is 0 Å². The second-order valence-corrected chi connectivity index (χ2v) is 7.05. The second-order valence-electron chi connectivity index (χ2n) is 7.05. The highest BCUT2D eigenvalue weighted by atomic mass is 16.3. The monoisotopic (exact) mass is 385 g/mol. The Labute approximate surface area is 167 Å². The Bertz CT molecular complexity index is 1100. The first-order valence-corrected chi connectivity index (χ1v) is 9.49. The number of carbonyl (C=O) groups is 1. The number of furan rings is 1. The van der Waals surface area contributed by atoms with Crippen molar-refractivity contribution in [1.82, 2.24) is 24.4 Å². The van der Waals surface area contributed by atoms with Crippen LogP contribution in [0.1, 0.15) is 18.0 Å². The molecule has 5 rings (SSSR count). The smallest absolute Gasteiger partial charge is 0.225 e. The molecule has 1 amide bonds. The predicted molar refractivity (Wildman–Crippen MR) is 106 cm³/mol. The van der Waals surface area contributed by atoms with Crippen LogP contribution in [0.3, 0.4) is 0 Å². The van der Waals surface area contributed by atoms with E-state index in [0.717, 1.165) is 17.0 Å². The third-order valence-electron chi connectivity index (χ3n) is 5.12. The summed E-state index contributed by atoms with van der Waals surface area (Å²) in [7, 11) is 0. The van der Waals surface area contributed by atoms with Crippen molar-refractivity contribution in [3.63, 3.8) is 0 Å². The topological polar surface area (TPSA) is 77.0 Å². The van der Waals surface area contributed by atoms with E-state index in [1.165, 1.54) is 0 Å². The van der Waals surface area contributed by atoms with Crippen molar-refractivity contribution >= 4 is 5.91 Å². The average Bonchev–Trinajstić information content (AvgIpc) is 3.51. The van der Waals surface area contributed by atoms with Crippen LogP contribution in [0.4, 0.5) is 0 Å². The fourth-order valence-electron chi connectivity index (χ4n) is 3.70. The lowest BCUT2D eigenvalue weighted by Gasteiger charge is -2.18. The van der Waals surface area contributed by atoms with Crippen LogP contribution in [0, 0.1) is 0 Å². The highest BCUT2D eigenvalue weighted by Gasteiger charge is 2.32. The largest absolute Gasteiger partial charge is 0.461 e. The molecule has 144 valence electrons. The van der Waals surface area contributed by atoms with Gasteiger partial charge in [-0.1, -0.05) is 30.3 Å². The molecule has 0 saturated carbocycles. The minimum absolute atomic E-state index is 0.0356. The maximum absolute atomic E-state index is 12.6. The van der Waals surface area contributed by atoms with E-state index in [1.807, 2.05) is 52.1 Å². The van der Waals surface area contributed by atoms with E-state index in [4.69, 9.17) is 4.42 Å². The summed E-state index contributed by atoms with van der Waals surface area (Å²) in [6, 6.07) is 13.7. The number of amides is 1. The Morgan fingerprint density at radius 3 is 2.62 bits per heavy atom. The third kappa shape index (κ3) is 3.42. The molecule has 7 heteroatoms. The van der Waals surface area contributed by atoms with Gasteiger partial charge in [-0.05, 0) is 17.7 Å². The zero-order valence-electron chi connectivity index (χ0n) is 15.7. The van der Waals surface area contributed by atoms with Crippen LogP contribution in [0.5, 0.6) is 0 Å². The van der Waals surface area contributed by atoms with Crippen LogP contribution >= 0.6 is 0 Å². The maximum atomic E-state index is 12.6. The van der Waals surface area contributed by atoms with Gasteiger partial charge in [-0.3, -0.25) is 4.79 Å². The van der Waals surface area contributed by atoms with Crippen molar-refractivity contribution in [1.29, 1.82) is 0 Å². The van der Waals surface area contributed by atoms with Crippen molar-refractivity contribution < 1.29 is 9.21 Å². The molecule has 0 N–H and O–H groups in total. The molecule has 0 spiro atoms. The third-order valence-corrected chi connectivity index (χ3v) is 5.12. The molecule has 29 heavy (non-hydrogen) atoms. The van der Waals surface area contributed by atoms with Crippen LogP contribution in [0.2, 0.25) is 0 Å². The molecule has 1 aliphatic rings. The van der Waals surface area contributed by atoms with Gasteiger partial charge in [0.2, 0.25) is 5.91 Å². The number of hydrogen-bond acceptors (Lipinski definition) is 5. The van der Waals surface area contributed by atoms with Crippen LogP contribution in [-0.2, 0) is 11.3 Å². The summed E-state index contributed by atoms with van der Waals surface area (Å²) in [5.74, 6) is 2.07. The average molecular weight is 385 g/mol. The molecule has 4 heterocycles. The zero-order chi connectivity index (χ0) is 19.6. The number of benzene rings is 1.